The molecule has 1 aliphatic heterocycles. The summed E-state index contributed by atoms with van der Waals surface area (Å²) in [5, 5.41) is 4.37. The average Bonchev–Trinajstić information content (AvgIpc) is 3.06. The van der Waals surface area contributed by atoms with Gasteiger partial charge < -0.3 is 14.2 Å². The molecule has 0 fully saturated rings. The molecule has 0 unspecified atom stereocenters. The fourth-order valence-corrected chi connectivity index (χ4v) is 6.62. The maximum atomic E-state index is 12.0. The Kier molecular flexibility index (Phi) is 6.40. The maximum Gasteiger partial charge on any atom is 0.337 e. The van der Waals surface area contributed by atoms with Crippen LogP contribution in [0.2, 0.25) is 0 Å². The molecule has 0 saturated carbocycles. The first kappa shape index (κ1) is 25.9. The number of carbonyl (C=O) groups excluding carboxylic acids is 2. The van der Waals surface area contributed by atoms with Crippen molar-refractivity contribution in [2.45, 2.75) is 9.79 Å². The topological polar surface area (TPSA) is 61.8 Å². The lowest BCUT2D eigenvalue weighted by Gasteiger charge is -2.23. The number of methoxy groups -OCH3 is 2. The van der Waals surface area contributed by atoms with Gasteiger partial charge in [-0.25, -0.2) is 9.59 Å². The molecule has 7 rings (SSSR count). The van der Waals surface area contributed by atoms with Crippen LogP contribution in [0.15, 0.2) is 119 Å². The number of ether oxygens (including phenoxy) is 3. The summed E-state index contributed by atoms with van der Waals surface area (Å²) in [6, 6.07) is 35.8. The smallest absolute Gasteiger partial charge is 0.337 e. The monoisotopic (exact) mass is 568 g/mol. The summed E-state index contributed by atoms with van der Waals surface area (Å²) in [4.78, 5) is 26.2. The van der Waals surface area contributed by atoms with E-state index < -0.39 is 0 Å². The lowest BCUT2D eigenvalue weighted by Crippen LogP contribution is -2.00. The second-order valence-corrected chi connectivity index (χ2v) is 11.0. The van der Waals surface area contributed by atoms with Crippen molar-refractivity contribution in [1.29, 1.82) is 0 Å². The minimum absolute atomic E-state index is 0.354. The normalized spacial score (nSPS) is 11.9. The van der Waals surface area contributed by atoms with Gasteiger partial charge in [-0.3, -0.25) is 0 Å². The summed E-state index contributed by atoms with van der Waals surface area (Å²) in [5.41, 5.74) is 4.98. The summed E-state index contributed by atoms with van der Waals surface area (Å²) < 4.78 is 16.2. The lowest BCUT2D eigenvalue weighted by atomic mass is 9.99. The van der Waals surface area contributed by atoms with Crippen molar-refractivity contribution in [3.63, 3.8) is 0 Å². The highest BCUT2D eigenvalue weighted by Crippen LogP contribution is 2.52. The van der Waals surface area contributed by atoms with Gasteiger partial charge in [0.2, 0.25) is 0 Å². The summed E-state index contributed by atoms with van der Waals surface area (Å²) in [6.45, 7) is 0. The minimum atomic E-state index is -0.354. The second-order valence-electron chi connectivity index (χ2n) is 10.0. The largest absolute Gasteiger partial charge is 0.465 e. The molecule has 0 saturated heterocycles. The lowest BCUT2D eigenvalue weighted by molar-refractivity contribution is 0.0592. The number of esters is 2. The van der Waals surface area contributed by atoms with Crippen molar-refractivity contribution >= 4 is 45.2 Å². The summed E-state index contributed by atoms with van der Waals surface area (Å²) in [5.74, 6) is 0.952. The molecule has 0 amide bonds. The predicted octanol–water partition coefficient (Wildman–Crippen LogP) is 9.16. The molecule has 204 valence electrons. The summed E-state index contributed by atoms with van der Waals surface area (Å²) >= 11 is 1.72. The SMILES string of the molecule is COC(=O)c1cccc(-c2ccc3c4c(ccc3c2)Oc2ccc3cc(-c5cccc(C(=O)OC)c5)ccc3c2S4)c1. The Morgan fingerprint density at radius 1 is 0.548 bits per heavy atom. The van der Waals surface area contributed by atoms with E-state index in [0.717, 1.165) is 65.1 Å². The molecule has 0 spiro atoms. The van der Waals surface area contributed by atoms with Gasteiger partial charge in [-0.05, 0) is 92.3 Å². The predicted molar refractivity (Wildman–Crippen MR) is 166 cm³/mol. The Bertz CT molecular complexity index is 1920. The van der Waals surface area contributed by atoms with Crippen LogP contribution in [0, 0.1) is 0 Å². The fraction of sp³-hybridized carbons (Fsp3) is 0.0556. The molecular weight excluding hydrogens is 544 g/mol. The van der Waals surface area contributed by atoms with Gasteiger partial charge in [-0.1, -0.05) is 72.4 Å². The van der Waals surface area contributed by atoms with E-state index in [2.05, 4.69) is 48.5 Å². The van der Waals surface area contributed by atoms with Crippen LogP contribution in [0.3, 0.4) is 0 Å². The van der Waals surface area contributed by atoms with E-state index in [9.17, 15) is 9.59 Å². The van der Waals surface area contributed by atoms with E-state index in [1.54, 1.807) is 23.9 Å². The van der Waals surface area contributed by atoms with E-state index in [0.29, 0.717) is 11.1 Å². The van der Waals surface area contributed by atoms with E-state index in [4.69, 9.17) is 14.2 Å². The van der Waals surface area contributed by atoms with E-state index in [-0.39, 0.29) is 11.9 Å². The van der Waals surface area contributed by atoms with Gasteiger partial charge in [0, 0.05) is 0 Å². The van der Waals surface area contributed by atoms with Crippen LogP contribution in [0.4, 0.5) is 0 Å². The zero-order valence-corrected chi connectivity index (χ0v) is 23.7. The molecule has 6 heteroatoms. The molecule has 0 aromatic heterocycles. The molecular formula is C36H24O5S. The molecule has 6 aromatic carbocycles. The molecule has 0 radical (unpaired) electrons. The molecule has 0 N–H and O–H groups in total. The minimum Gasteiger partial charge on any atom is -0.465 e. The van der Waals surface area contributed by atoms with E-state index in [1.165, 1.54) is 14.2 Å². The van der Waals surface area contributed by atoms with Crippen LogP contribution < -0.4 is 4.74 Å². The quantitative estimate of drug-likeness (QED) is 0.197. The zero-order valence-electron chi connectivity index (χ0n) is 22.8. The first-order valence-corrected chi connectivity index (χ1v) is 14.2. The number of rotatable bonds is 4. The summed E-state index contributed by atoms with van der Waals surface area (Å²) in [7, 11) is 2.78. The highest BCUT2D eigenvalue weighted by molar-refractivity contribution is 8.00. The first-order chi connectivity index (χ1) is 20.5. The van der Waals surface area contributed by atoms with E-state index >= 15 is 0 Å². The number of fused-ring (bicyclic) bond motifs is 6. The fourth-order valence-electron chi connectivity index (χ4n) is 5.40. The molecule has 6 aromatic rings. The third-order valence-electron chi connectivity index (χ3n) is 7.53. The van der Waals surface area contributed by atoms with Crippen molar-refractivity contribution in [2.24, 2.45) is 0 Å². The van der Waals surface area contributed by atoms with Gasteiger partial charge in [-0.15, -0.1) is 0 Å². The van der Waals surface area contributed by atoms with Crippen molar-refractivity contribution in [3.05, 3.63) is 120 Å². The molecule has 0 atom stereocenters. The second kappa shape index (κ2) is 10.4. The van der Waals surface area contributed by atoms with Crippen LogP contribution in [-0.2, 0) is 9.47 Å². The van der Waals surface area contributed by atoms with Crippen LogP contribution in [0.5, 0.6) is 11.5 Å². The van der Waals surface area contributed by atoms with Crippen molar-refractivity contribution in [3.8, 4) is 33.8 Å². The molecule has 5 nitrogen and oxygen atoms in total. The van der Waals surface area contributed by atoms with E-state index in [1.807, 2.05) is 48.5 Å². The number of hydrogen-bond donors (Lipinski definition) is 0. The number of hydrogen-bond acceptors (Lipinski definition) is 6. The van der Waals surface area contributed by atoms with Gasteiger partial charge in [0.1, 0.15) is 11.5 Å². The molecule has 1 heterocycles. The molecule has 1 aliphatic rings. The highest BCUT2D eigenvalue weighted by Gasteiger charge is 2.23. The van der Waals surface area contributed by atoms with Gasteiger partial charge in [0.25, 0.3) is 0 Å². The highest BCUT2D eigenvalue weighted by atomic mass is 32.2. The average molecular weight is 569 g/mol. The van der Waals surface area contributed by atoms with Crippen molar-refractivity contribution in [1.82, 2.24) is 0 Å². The maximum absolute atomic E-state index is 12.0. The third-order valence-corrected chi connectivity index (χ3v) is 8.78. The van der Waals surface area contributed by atoms with Crippen molar-refractivity contribution in [2.75, 3.05) is 14.2 Å². The molecule has 0 aliphatic carbocycles. The third kappa shape index (κ3) is 4.46. The first-order valence-electron chi connectivity index (χ1n) is 13.4. The molecule has 42 heavy (non-hydrogen) atoms. The Morgan fingerprint density at radius 2 is 1.00 bits per heavy atom. The van der Waals surface area contributed by atoms with Gasteiger partial charge >= 0.3 is 11.9 Å². The zero-order chi connectivity index (χ0) is 28.8. The molecule has 0 bridgehead atoms. The Balaban J connectivity index is 1.26. The Hall–Kier alpha value is -5.07. The van der Waals surface area contributed by atoms with Crippen LogP contribution in [-0.4, -0.2) is 26.2 Å². The van der Waals surface area contributed by atoms with Crippen LogP contribution >= 0.6 is 11.8 Å². The summed E-state index contributed by atoms with van der Waals surface area (Å²) in [6.07, 6.45) is 0. The Labute approximate surface area is 246 Å². The van der Waals surface area contributed by atoms with Gasteiger partial charge in [0.15, 0.2) is 0 Å². The van der Waals surface area contributed by atoms with Gasteiger partial charge in [0.05, 0.1) is 35.1 Å². The Morgan fingerprint density at radius 3 is 1.45 bits per heavy atom. The number of benzene rings is 6. The van der Waals surface area contributed by atoms with Crippen molar-refractivity contribution < 1.29 is 23.8 Å². The standard InChI is InChI=1S/C36H24O5S/c1-39-35(37)27-7-3-5-21(19-27)23-9-13-29-25(17-23)11-15-31-33(29)42-34-30-14-10-24(18-26(30)12-16-32(34)41-31)22-6-4-8-28(20-22)36(38)40-2/h3-20H,1-2H3. The van der Waals surface area contributed by atoms with Crippen LogP contribution in [0.25, 0.3) is 43.8 Å². The van der Waals surface area contributed by atoms with Gasteiger partial charge in [-0.2, -0.15) is 0 Å². The van der Waals surface area contributed by atoms with Crippen LogP contribution in [0.1, 0.15) is 20.7 Å². The number of carbonyl (C=O) groups is 2.